The van der Waals surface area contributed by atoms with Crippen LogP contribution in [0.4, 0.5) is 13.2 Å². The van der Waals surface area contributed by atoms with Gasteiger partial charge in [0, 0.05) is 18.3 Å². The fourth-order valence-corrected chi connectivity index (χ4v) is 3.09. The standard InChI is InChI=1S/C19H20F3N3O3/c1-27-15-7-3-2-5-13(15)11-17(26)25-10-4-6-14(12-25)28-18-23-9-8-16(24-18)19(20,21)22/h2-3,5,7-9,14H,4,6,10-12H2,1H3. The van der Waals surface area contributed by atoms with Crippen molar-refractivity contribution >= 4 is 5.91 Å². The molecule has 0 aliphatic carbocycles. The molecule has 1 saturated heterocycles. The first-order valence-corrected chi connectivity index (χ1v) is 8.83. The molecule has 6 nitrogen and oxygen atoms in total. The molecule has 1 amide bonds. The molecule has 0 bridgehead atoms. The maximum atomic E-state index is 12.8. The Morgan fingerprint density at radius 2 is 2.07 bits per heavy atom. The van der Waals surface area contributed by atoms with E-state index in [2.05, 4.69) is 9.97 Å². The molecular formula is C19H20F3N3O3. The van der Waals surface area contributed by atoms with Crippen molar-refractivity contribution in [2.24, 2.45) is 0 Å². The highest BCUT2D eigenvalue weighted by Crippen LogP contribution is 2.28. The van der Waals surface area contributed by atoms with Crippen LogP contribution in [0.1, 0.15) is 24.1 Å². The van der Waals surface area contributed by atoms with Gasteiger partial charge in [0.2, 0.25) is 5.91 Å². The highest BCUT2D eigenvalue weighted by molar-refractivity contribution is 5.79. The average Bonchev–Trinajstić information content (AvgIpc) is 2.68. The smallest absolute Gasteiger partial charge is 0.433 e. The summed E-state index contributed by atoms with van der Waals surface area (Å²) in [7, 11) is 1.54. The number of nitrogens with zero attached hydrogens (tertiary/aromatic N) is 3. The van der Waals surface area contributed by atoms with Gasteiger partial charge in [0.25, 0.3) is 0 Å². The van der Waals surface area contributed by atoms with E-state index in [0.717, 1.165) is 17.8 Å². The summed E-state index contributed by atoms with van der Waals surface area (Å²) in [5, 5.41) is 0. The Hall–Kier alpha value is -2.84. The lowest BCUT2D eigenvalue weighted by Gasteiger charge is -2.32. The normalized spacial score (nSPS) is 17.3. The van der Waals surface area contributed by atoms with Crippen LogP contribution >= 0.6 is 0 Å². The fraction of sp³-hybridized carbons (Fsp3) is 0.421. The van der Waals surface area contributed by atoms with Crippen LogP contribution in [0.5, 0.6) is 11.8 Å². The molecule has 2 heterocycles. The number of carbonyl (C=O) groups excluding carboxylic acids is 1. The lowest BCUT2D eigenvalue weighted by molar-refractivity contribution is -0.141. The zero-order valence-corrected chi connectivity index (χ0v) is 15.3. The molecule has 0 spiro atoms. The third-order valence-corrected chi connectivity index (χ3v) is 4.46. The Balaban J connectivity index is 1.63. The number of halogens is 3. The van der Waals surface area contributed by atoms with Gasteiger partial charge in [-0.25, -0.2) is 4.98 Å². The summed E-state index contributed by atoms with van der Waals surface area (Å²) in [6.45, 7) is 0.838. The van der Waals surface area contributed by atoms with E-state index in [0.29, 0.717) is 25.1 Å². The number of methoxy groups -OCH3 is 1. The van der Waals surface area contributed by atoms with E-state index < -0.39 is 18.0 Å². The second kappa shape index (κ2) is 8.45. The van der Waals surface area contributed by atoms with Crippen LogP contribution in [-0.2, 0) is 17.4 Å². The molecule has 3 rings (SSSR count). The van der Waals surface area contributed by atoms with E-state index in [4.69, 9.17) is 9.47 Å². The third kappa shape index (κ3) is 4.90. The zero-order valence-electron chi connectivity index (χ0n) is 15.3. The first-order chi connectivity index (χ1) is 13.4. The van der Waals surface area contributed by atoms with Gasteiger partial charge in [0.15, 0.2) is 5.69 Å². The lowest BCUT2D eigenvalue weighted by Crippen LogP contribution is -2.45. The van der Waals surface area contributed by atoms with E-state index in [-0.39, 0.29) is 24.9 Å². The Morgan fingerprint density at radius 1 is 1.29 bits per heavy atom. The van der Waals surface area contributed by atoms with Crippen molar-refractivity contribution in [3.63, 3.8) is 0 Å². The van der Waals surface area contributed by atoms with Crippen molar-refractivity contribution in [3.8, 4) is 11.8 Å². The maximum absolute atomic E-state index is 12.8. The summed E-state index contributed by atoms with van der Waals surface area (Å²) in [4.78, 5) is 21.5. The third-order valence-electron chi connectivity index (χ3n) is 4.46. The van der Waals surface area contributed by atoms with Gasteiger partial charge in [0.1, 0.15) is 11.9 Å². The molecule has 9 heteroatoms. The van der Waals surface area contributed by atoms with E-state index >= 15 is 0 Å². The number of amides is 1. The van der Waals surface area contributed by atoms with Gasteiger partial charge < -0.3 is 14.4 Å². The second-order valence-corrected chi connectivity index (χ2v) is 6.43. The number of para-hydroxylation sites is 1. The van der Waals surface area contributed by atoms with E-state index in [1.807, 2.05) is 18.2 Å². The molecule has 1 aromatic carbocycles. The van der Waals surface area contributed by atoms with Crippen LogP contribution in [0.15, 0.2) is 36.5 Å². The van der Waals surface area contributed by atoms with Crippen LogP contribution < -0.4 is 9.47 Å². The quantitative estimate of drug-likeness (QED) is 0.778. The monoisotopic (exact) mass is 395 g/mol. The van der Waals surface area contributed by atoms with Crippen molar-refractivity contribution in [3.05, 3.63) is 47.8 Å². The number of likely N-dealkylation sites (tertiary alicyclic amines) is 1. The van der Waals surface area contributed by atoms with Gasteiger partial charge in [-0.3, -0.25) is 4.79 Å². The number of ether oxygens (including phenoxy) is 2. The highest BCUT2D eigenvalue weighted by Gasteiger charge is 2.33. The van der Waals surface area contributed by atoms with Crippen LogP contribution in [0.2, 0.25) is 0 Å². The van der Waals surface area contributed by atoms with Gasteiger partial charge in [-0.1, -0.05) is 18.2 Å². The van der Waals surface area contributed by atoms with Crippen molar-refractivity contribution in [2.45, 2.75) is 31.5 Å². The van der Waals surface area contributed by atoms with Crippen LogP contribution in [0.25, 0.3) is 0 Å². The van der Waals surface area contributed by atoms with Gasteiger partial charge in [0.05, 0.1) is 20.1 Å². The Bertz CT molecular complexity index is 829. The summed E-state index contributed by atoms with van der Waals surface area (Å²) < 4.78 is 49.1. The topological polar surface area (TPSA) is 64.5 Å². The molecule has 1 aliphatic rings. The summed E-state index contributed by atoms with van der Waals surface area (Å²) >= 11 is 0. The maximum Gasteiger partial charge on any atom is 0.433 e. The Morgan fingerprint density at radius 3 is 2.82 bits per heavy atom. The Labute approximate surface area is 160 Å². The summed E-state index contributed by atoms with van der Waals surface area (Å²) in [5.41, 5.74) is -0.281. The molecular weight excluding hydrogens is 375 g/mol. The number of alkyl halides is 3. The predicted octanol–water partition coefficient (Wildman–Crippen LogP) is 3.12. The minimum absolute atomic E-state index is 0.0947. The number of benzene rings is 1. The van der Waals surface area contributed by atoms with Crippen LogP contribution in [-0.4, -0.2) is 47.1 Å². The molecule has 150 valence electrons. The Kier molecular flexibility index (Phi) is 6.01. The van der Waals surface area contributed by atoms with Gasteiger partial charge in [-0.05, 0) is 25.0 Å². The predicted molar refractivity (Wildman–Crippen MR) is 94.0 cm³/mol. The minimum Gasteiger partial charge on any atom is -0.496 e. The average molecular weight is 395 g/mol. The minimum atomic E-state index is -4.57. The van der Waals surface area contributed by atoms with E-state index in [9.17, 15) is 18.0 Å². The van der Waals surface area contributed by atoms with Crippen LogP contribution in [0, 0.1) is 0 Å². The van der Waals surface area contributed by atoms with Gasteiger partial charge >= 0.3 is 12.2 Å². The molecule has 0 N–H and O–H groups in total. The lowest BCUT2D eigenvalue weighted by atomic mass is 10.1. The van der Waals surface area contributed by atoms with Crippen molar-refractivity contribution in [1.29, 1.82) is 0 Å². The molecule has 1 fully saturated rings. The summed E-state index contributed by atoms with van der Waals surface area (Å²) in [6.07, 6.45) is -2.54. The number of hydrogen-bond acceptors (Lipinski definition) is 5. The van der Waals surface area contributed by atoms with E-state index in [1.54, 1.807) is 18.1 Å². The van der Waals surface area contributed by atoms with Crippen LogP contribution in [0.3, 0.4) is 0 Å². The van der Waals surface area contributed by atoms with Gasteiger partial charge in [-0.15, -0.1) is 0 Å². The summed E-state index contributed by atoms with van der Waals surface area (Å²) in [6, 6.07) is 7.72. The molecule has 2 aromatic rings. The molecule has 0 radical (unpaired) electrons. The molecule has 28 heavy (non-hydrogen) atoms. The van der Waals surface area contributed by atoms with Crippen molar-refractivity contribution in [2.75, 3.05) is 20.2 Å². The van der Waals surface area contributed by atoms with Crippen molar-refractivity contribution in [1.82, 2.24) is 14.9 Å². The SMILES string of the molecule is COc1ccccc1CC(=O)N1CCCC(Oc2nccc(C(F)(F)F)n2)C1. The fourth-order valence-electron chi connectivity index (χ4n) is 3.09. The first-order valence-electron chi connectivity index (χ1n) is 8.83. The number of aromatic nitrogens is 2. The van der Waals surface area contributed by atoms with Gasteiger partial charge in [-0.2, -0.15) is 18.2 Å². The van der Waals surface area contributed by atoms with Crippen molar-refractivity contribution < 1.29 is 27.4 Å². The number of rotatable bonds is 5. The number of piperidine rings is 1. The summed E-state index contributed by atoms with van der Waals surface area (Å²) in [5.74, 6) is 0.542. The second-order valence-electron chi connectivity index (χ2n) is 6.43. The molecule has 1 unspecified atom stereocenters. The van der Waals surface area contributed by atoms with E-state index in [1.165, 1.54) is 0 Å². The number of hydrogen-bond donors (Lipinski definition) is 0. The molecule has 1 aromatic heterocycles. The largest absolute Gasteiger partial charge is 0.496 e. The highest BCUT2D eigenvalue weighted by atomic mass is 19.4. The number of carbonyl (C=O) groups is 1. The zero-order chi connectivity index (χ0) is 20.1. The molecule has 0 saturated carbocycles. The molecule has 1 aliphatic heterocycles. The molecule has 1 atom stereocenters. The first kappa shape index (κ1) is 19.9.